The van der Waals surface area contributed by atoms with Gasteiger partial charge in [-0.3, -0.25) is 0 Å². The molecule has 0 radical (unpaired) electrons. The summed E-state index contributed by atoms with van der Waals surface area (Å²) in [7, 11) is 0. The summed E-state index contributed by atoms with van der Waals surface area (Å²) < 4.78 is 0. The van der Waals surface area contributed by atoms with E-state index >= 15 is 0 Å². The maximum absolute atomic E-state index is 4.65. The summed E-state index contributed by atoms with van der Waals surface area (Å²) in [6.07, 6.45) is 3.65. The van der Waals surface area contributed by atoms with Crippen molar-refractivity contribution in [2.75, 3.05) is 0 Å². The van der Waals surface area contributed by atoms with Crippen LogP contribution in [0.3, 0.4) is 0 Å². The lowest BCUT2D eigenvalue weighted by Gasteiger charge is -2.23. The van der Waals surface area contributed by atoms with E-state index in [0.717, 1.165) is 11.4 Å². The van der Waals surface area contributed by atoms with Gasteiger partial charge in [0.2, 0.25) is 0 Å². The van der Waals surface area contributed by atoms with Crippen LogP contribution in [0.25, 0.3) is 55.2 Å². The zero-order valence-corrected chi connectivity index (χ0v) is 20.7. The van der Waals surface area contributed by atoms with Crippen molar-refractivity contribution >= 4 is 21.5 Å². The van der Waals surface area contributed by atoms with Crippen LogP contribution in [0.15, 0.2) is 103 Å². The topological polar surface area (TPSA) is 25.8 Å². The van der Waals surface area contributed by atoms with Gasteiger partial charge in [0.15, 0.2) is 5.82 Å². The van der Waals surface area contributed by atoms with Crippen LogP contribution < -0.4 is 0 Å². The first-order chi connectivity index (χ1) is 17.5. The number of hydrogen-bond acceptors (Lipinski definition) is 2. The van der Waals surface area contributed by atoms with Crippen molar-refractivity contribution in [3.8, 4) is 33.6 Å². The Balaban J connectivity index is 1.59. The Morgan fingerprint density at radius 2 is 1.22 bits per heavy atom. The molecule has 1 aromatic heterocycles. The molecular formula is C34H26N2. The Labute approximate surface area is 211 Å². The molecule has 0 bridgehead atoms. The highest BCUT2D eigenvalue weighted by Crippen LogP contribution is 2.51. The lowest BCUT2D eigenvalue weighted by atomic mass is 9.80. The van der Waals surface area contributed by atoms with Crippen LogP contribution in [0.5, 0.6) is 0 Å². The highest BCUT2D eigenvalue weighted by atomic mass is 14.9. The Hall–Kier alpha value is -4.30. The van der Waals surface area contributed by atoms with E-state index in [1.165, 1.54) is 60.5 Å². The van der Waals surface area contributed by atoms with E-state index in [0.29, 0.717) is 0 Å². The normalized spacial score (nSPS) is 13.6. The van der Waals surface area contributed by atoms with Gasteiger partial charge < -0.3 is 0 Å². The highest BCUT2D eigenvalue weighted by molar-refractivity contribution is 6.21. The molecule has 0 fully saturated rings. The molecule has 0 amide bonds. The Morgan fingerprint density at radius 3 is 2.03 bits per heavy atom. The summed E-state index contributed by atoms with van der Waals surface area (Å²) in [5.41, 5.74) is 10.3. The smallest absolute Gasteiger partial charge is 0.160 e. The number of aryl methyl sites for hydroxylation is 1. The summed E-state index contributed by atoms with van der Waals surface area (Å²) in [4.78, 5) is 9.30. The minimum Gasteiger partial charge on any atom is -0.237 e. The molecule has 36 heavy (non-hydrogen) atoms. The van der Waals surface area contributed by atoms with Crippen LogP contribution in [0.1, 0.15) is 30.5 Å². The first kappa shape index (κ1) is 21.0. The molecule has 6 aromatic rings. The number of benzene rings is 5. The Morgan fingerprint density at radius 1 is 0.556 bits per heavy atom. The number of nitrogens with zero attached hydrogens (tertiary/aromatic N) is 2. The molecule has 7 rings (SSSR count). The van der Waals surface area contributed by atoms with Crippen LogP contribution in [-0.4, -0.2) is 9.97 Å². The van der Waals surface area contributed by atoms with Crippen LogP contribution in [0.2, 0.25) is 0 Å². The summed E-state index contributed by atoms with van der Waals surface area (Å²) in [5, 5.41) is 4.83. The average Bonchev–Trinajstić information content (AvgIpc) is 3.14. The van der Waals surface area contributed by atoms with E-state index in [-0.39, 0.29) is 5.41 Å². The van der Waals surface area contributed by atoms with Gasteiger partial charge >= 0.3 is 0 Å². The van der Waals surface area contributed by atoms with Gasteiger partial charge in [-0.25, -0.2) is 9.97 Å². The molecule has 2 nitrogen and oxygen atoms in total. The summed E-state index contributed by atoms with van der Waals surface area (Å²) in [6, 6.07) is 33.2. The van der Waals surface area contributed by atoms with Crippen molar-refractivity contribution in [2.24, 2.45) is 0 Å². The average molecular weight is 463 g/mol. The molecule has 0 spiro atoms. The monoisotopic (exact) mass is 462 g/mol. The van der Waals surface area contributed by atoms with Gasteiger partial charge in [-0.05, 0) is 74.0 Å². The molecule has 0 atom stereocenters. The molecule has 1 heterocycles. The van der Waals surface area contributed by atoms with Gasteiger partial charge in [0, 0.05) is 23.4 Å². The van der Waals surface area contributed by atoms with Crippen LogP contribution in [-0.2, 0) is 5.41 Å². The van der Waals surface area contributed by atoms with E-state index in [4.69, 9.17) is 0 Å². The van der Waals surface area contributed by atoms with Gasteiger partial charge in [-0.2, -0.15) is 0 Å². The first-order valence-electron chi connectivity index (χ1n) is 12.5. The van der Waals surface area contributed by atoms with Gasteiger partial charge in [-0.1, -0.05) is 98.3 Å². The maximum Gasteiger partial charge on any atom is 0.160 e. The van der Waals surface area contributed by atoms with Crippen molar-refractivity contribution < 1.29 is 0 Å². The van der Waals surface area contributed by atoms with E-state index in [1.54, 1.807) is 0 Å². The second-order valence-corrected chi connectivity index (χ2v) is 10.3. The van der Waals surface area contributed by atoms with E-state index in [2.05, 4.69) is 116 Å². The predicted octanol–water partition coefficient (Wildman–Crippen LogP) is 8.73. The molecule has 0 aliphatic heterocycles. The molecule has 0 saturated heterocycles. The summed E-state index contributed by atoms with van der Waals surface area (Å²) in [5.74, 6) is 0.764. The number of rotatable bonds is 2. The van der Waals surface area contributed by atoms with Crippen LogP contribution >= 0.6 is 0 Å². The molecule has 5 aromatic carbocycles. The minimum atomic E-state index is -0.0404. The second kappa shape index (κ2) is 7.60. The Bertz CT molecular complexity index is 1810. The minimum absolute atomic E-state index is 0.0404. The fourth-order valence-electron chi connectivity index (χ4n) is 6.13. The molecule has 2 heteroatoms. The molecule has 0 unspecified atom stereocenters. The standard InChI is InChI=1S/C34H26N2/c1-21-13-15-27-28(19-21)31(25-10-4-5-11-26(25)32(27)33-35-17-8-18-36-33)22-14-16-24-23-9-6-7-12-29(23)34(2,3)30(24)20-22/h4-20H,1-3H3. The lowest BCUT2D eigenvalue weighted by molar-refractivity contribution is 0.660. The predicted molar refractivity (Wildman–Crippen MR) is 150 cm³/mol. The van der Waals surface area contributed by atoms with Crippen molar-refractivity contribution in [2.45, 2.75) is 26.2 Å². The lowest BCUT2D eigenvalue weighted by Crippen LogP contribution is -2.14. The van der Waals surface area contributed by atoms with E-state index < -0.39 is 0 Å². The van der Waals surface area contributed by atoms with E-state index in [9.17, 15) is 0 Å². The third-order valence-electron chi connectivity index (χ3n) is 7.84. The highest BCUT2D eigenvalue weighted by Gasteiger charge is 2.35. The fraction of sp³-hybridized carbons (Fsp3) is 0.118. The van der Waals surface area contributed by atoms with Crippen molar-refractivity contribution in [3.63, 3.8) is 0 Å². The van der Waals surface area contributed by atoms with Gasteiger partial charge in [0.05, 0.1) is 0 Å². The molecule has 1 aliphatic carbocycles. The number of hydrogen-bond donors (Lipinski definition) is 0. The van der Waals surface area contributed by atoms with Crippen LogP contribution in [0.4, 0.5) is 0 Å². The molecule has 0 N–H and O–H groups in total. The first-order valence-corrected chi connectivity index (χ1v) is 12.5. The Kier molecular flexibility index (Phi) is 4.44. The van der Waals surface area contributed by atoms with Gasteiger partial charge in [0.1, 0.15) is 0 Å². The second-order valence-electron chi connectivity index (χ2n) is 10.3. The largest absolute Gasteiger partial charge is 0.237 e. The quantitative estimate of drug-likeness (QED) is 0.240. The third kappa shape index (κ3) is 2.91. The number of aromatic nitrogens is 2. The van der Waals surface area contributed by atoms with Crippen LogP contribution in [0, 0.1) is 6.92 Å². The number of fused-ring (bicyclic) bond motifs is 5. The molecule has 172 valence electrons. The van der Waals surface area contributed by atoms with Crippen molar-refractivity contribution in [1.82, 2.24) is 9.97 Å². The molecular weight excluding hydrogens is 436 g/mol. The summed E-state index contributed by atoms with van der Waals surface area (Å²) >= 11 is 0. The fourth-order valence-corrected chi connectivity index (χ4v) is 6.13. The zero-order valence-electron chi connectivity index (χ0n) is 20.7. The van der Waals surface area contributed by atoms with Crippen molar-refractivity contribution in [1.29, 1.82) is 0 Å². The van der Waals surface area contributed by atoms with E-state index in [1.807, 2.05) is 18.5 Å². The van der Waals surface area contributed by atoms with Crippen molar-refractivity contribution in [3.05, 3.63) is 120 Å². The molecule has 1 aliphatic rings. The zero-order chi connectivity index (χ0) is 24.4. The van der Waals surface area contributed by atoms with Gasteiger partial charge in [-0.15, -0.1) is 0 Å². The van der Waals surface area contributed by atoms with Gasteiger partial charge in [0.25, 0.3) is 0 Å². The summed E-state index contributed by atoms with van der Waals surface area (Å²) in [6.45, 7) is 6.86. The third-order valence-corrected chi connectivity index (χ3v) is 7.84. The molecule has 0 saturated carbocycles. The SMILES string of the molecule is Cc1ccc2c(-c3ncccn3)c3ccccc3c(-c3ccc4c(c3)C(C)(C)c3ccccc3-4)c2c1. The maximum atomic E-state index is 4.65.